The zero-order valence-corrected chi connectivity index (χ0v) is 9.30. The van der Waals surface area contributed by atoms with E-state index in [1.165, 1.54) is 6.33 Å². The molecule has 3 heterocycles. The SMILES string of the molecule is c1cnnc(-c2cnc(-c3ccncn3)cn2)c1. The highest BCUT2D eigenvalue weighted by Gasteiger charge is 2.04. The summed E-state index contributed by atoms with van der Waals surface area (Å²) in [5.74, 6) is 0. The Bertz CT molecular complexity index is 565. The summed E-state index contributed by atoms with van der Waals surface area (Å²) in [5.41, 5.74) is 2.81. The molecule has 6 nitrogen and oxygen atoms in total. The van der Waals surface area contributed by atoms with Gasteiger partial charge in [-0.05, 0) is 18.2 Å². The van der Waals surface area contributed by atoms with Gasteiger partial charge >= 0.3 is 0 Å². The molecule has 0 amide bonds. The zero-order chi connectivity index (χ0) is 12.2. The Hall–Kier alpha value is -2.76. The number of aromatic nitrogens is 6. The van der Waals surface area contributed by atoms with Gasteiger partial charge in [0.05, 0.1) is 18.1 Å². The van der Waals surface area contributed by atoms with Crippen molar-refractivity contribution in [3.8, 4) is 22.8 Å². The van der Waals surface area contributed by atoms with Crippen LogP contribution in [0.2, 0.25) is 0 Å². The first-order chi connectivity index (χ1) is 8.93. The van der Waals surface area contributed by atoms with Gasteiger partial charge in [-0.1, -0.05) is 0 Å². The lowest BCUT2D eigenvalue weighted by Crippen LogP contribution is -1.93. The van der Waals surface area contributed by atoms with Crippen LogP contribution in [-0.4, -0.2) is 30.1 Å². The summed E-state index contributed by atoms with van der Waals surface area (Å²) in [6.07, 6.45) is 8.08. The maximum Gasteiger partial charge on any atom is 0.116 e. The normalized spacial score (nSPS) is 10.2. The highest BCUT2D eigenvalue weighted by Crippen LogP contribution is 2.15. The summed E-state index contributed by atoms with van der Waals surface area (Å²) < 4.78 is 0. The number of hydrogen-bond donors (Lipinski definition) is 0. The van der Waals surface area contributed by atoms with Crippen molar-refractivity contribution in [3.63, 3.8) is 0 Å². The van der Waals surface area contributed by atoms with Gasteiger partial charge in [0.2, 0.25) is 0 Å². The first-order valence-corrected chi connectivity index (χ1v) is 5.30. The molecule has 0 unspecified atom stereocenters. The van der Waals surface area contributed by atoms with Crippen LogP contribution < -0.4 is 0 Å². The van der Waals surface area contributed by atoms with Crippen LogP contribution in [0.4, 0.5) is 0 Å². The molecule has 0 aliphatic carbocycles. The maximum absolute atomic E-state index is 4.30. The van der Waals surface area contributed by atoms with Crippen LogP contribution in [0.15, 0.2) is 49.3 Å². The molecule has 0 spiro atoms. The topological polar surface area (TPSA) is 77.3 Å². The fraction of sp³-hybridized carbons (Fsp3) is 0. The minimum atomic E-state index is 0.681. The van der Waals surface area contributed by atoms with Gasteiger partial charge < -0.3 is 0 Å². The second kappa shape index (κ2) is 4.62. The molecule has 0 N–H and O–H groups in total. The fourth-order valence-corrected chi connectivity index (χ4v) is 1.47. The molecule has 0 bridgehead atoms. The molecule has 0 aromatic carbocycles. The number of rotatable bonds is 2. The van der Waals surface area contributed by atoms with Crippen molar-refractivity contribution in [1.82, 2.24) is 30.1 Å². The molecule has 18 heavy (non-hydrogen) atoms. The minimum absolute atomic E-state index is 0.681. The summed E-state index contributed by atoms with van der Waals surface area (Å²) in [4.78, 5) is 16.6. The predicted molar refractivity (Wildman–Crippen MR) is 64.1 cm³/mol. The Labute approximate surface area is 103 Å². The van der Waals surface area contributed by atoms with Crippen LogP contribution >= 0.6 is 0 Å². The summed E-state index contributed by atoms with van der Waals surface area (Å²) in [5, 5.41) is 7.78. The number of nitrogens with zero attached hydrogens (tertiary/aromatic N) is 6. The van der Waals surface area contributed by atoms with E-state index in [0.717, 1.165) is 5.69 Å². The lowest BCUT2D eigenvalue weighted by Gasteiger charge is -2.00. The predicted octanol–water partition coefficient (Wildman–Crippen LogP) is 1.39. The van der Waals surface area contributed by atoms with Gasteiger partial charge in [0.25, 0.3) is 0 Å². The van der Waals surface area contributed by atoms with Crippen LogP contribution in [0.5, 0.6) is 0 Å². The van der Waals surface area contributed by atoms with Crippen LogP contribution in [0, 0.1) is 0 Å². The molecular weight excluding hydrogens is 228 g/mol. The van der Waals surface area contributed by atoms with Crippen molar-refractivity contribution in [2.75, 3.05) is 0 Å². The summed E-state index contributed by atoms with van der Waals surface area (Å²) in [6, 6.07) is 5.43. The van der Waals surface area contributed by atoms with Gasteiger partial charge in [-0.2, -0.15) is 5.10 Å². The van der Waals surface area contributed by atoms with E-state index in [4.69, 9.17) is 0 Å². The molecule has 3 aromatic rings. The van der Waals surface area contributed by atoms with Crippen molar-refractivity contribution in [3.05, 3.63) is 49.3 Å². The first kappa shape index (κ1) is 10.4. The van der Waals surface area contributed by atoms with E-state index in [2.05, 4.69) is 30.1 Å². The third-order valence-electron chi connectivity index (χ3n) is 2.33. The van der Waals surface area contributed by atoms with E-state index >= 15 is 0 Å². The molecule has 0 radical (unpaired) electrons. The Balaban J connectivity index is 1.95. The van der Waals surface area contributed by atoms with Gasteiger partial charge in [-0.25, -0.2) is 9.97 Å². The molecule has 3 rings (SSSR count). The smallest absolute Gasteiger partial charge is 0.116 e. The molecule has 6 heteroatoms. The Kier molecular flexibility index (Phi) is 2.67. The minimum Gasteiger partial charge on any atom is -0.251 e. The van der Waals surface area contributed by atoms with E-state index in [1.807, 2.05) is 12.1 Å². The van der Waals surface area contributed by atoms with Crippen LogP contribution in [-0.2, 0) is 0 Å². The van der Waals surface area contributed by atoms with Crippen molar-refractivity contribution in [2.24, 2.45) is 0 Å². The first-order valence-electron chi connectivity index (χ1n) is 5.30. The third-order valence-corrected chi connectivity index (χ3v) is 2.33. The second-order valence-electron chi connectivity index (χ2n) is 3.49. The van der Waals surface area contributed by atoms with Crippen molar-refractivity contribution in [2.45, 2.75) is 0 Å². The molecule has 0 saturated heterocycles. The van der Waals surface area contributed by atoms with Gasteiger partial charge in [-0.3, -0.25) is 9.97 Å². The quantitative estimate of drug-likeness (QED) is 0.669. The lowest BCUT2D eigenvalue weighted by atomic mass is 10.2. The average molecular weight is 236 g/mol. The second-order valence-corrected chi connectivity index (χ2v) is 3.49. The number of hydrogen-bond acceptors (Lipinski definition) is 6. The van der Waals surface area contributed by atoms with E-state index in [1.54, 1.807) is 30.9 Å². The zero-order valence-electron chi connectivity index (χ0n) is 9.30. The van der Waals surface area contributed by atoms with Crippen molar-refractivity contribution >= 4 is 0 Å². The van der Waals surface area contributed by atoms with Crippen LogP contribution in [0.3, 0.4) is 0 Å². The van der Waals surface area contributed by atoms with Crippen molar-refractivity contribution in [1.29, 1.82) is 0 Å². The van der Waals surface area contributed by atoms with E-state index < -0.39 is 0 Å². The van der Waals surface area contributed by atoms with Gasteiger partial charge in [0.1, 0.15) is 23.4 Å². The summed E-state index contributed by atoms with van der Waals surface area (Å²) in [7, 11) is 0. The van der Waals surface area contributed by atoms with E-state index in [0.29, 0.717) is 17.1 Å². The molecule has 0 fully saturated rings. The van der Waals surface area contributed by atoms with Gasteiger partial charge in [0, 0.05) is 12.4 Å². The lowest BCUT2D eigenvalue weighted by molar-refractivity contribution is 1.02. The maximum atomic E-state index is 4.30. The van der Waals surface area contributed by atoms with E-state index in [-0.39, 0.29) is 0 Å². The largest absolute Gasteiger partial charge is 0.251 e. The Morgan fingerprint density at radius 3 is 2.17 bits per heavy atom. The van der Waals surface area contributed by atoms with Crippen LogP contribution in [0.1, 0.15) is 0 Å². The fourth-order valence-electron chi connectivity index (χ4n) is 1.47. The molecular formula is C12H8N6. The molecule has 86 valence electrons. The van der Waals surface area contributed by atoms with Gasteiger partial charge in [0.15, 0.2) is 0 Å². The third kappa shape index (κ3) is 2.03. The van der Waals surface area contributed by atoms with Gasteiger partial charge in [-0.15, -0.1) is 5.10 Å². The Morgan fingerprint density at radius 2 is 1.56 bits per heavy atom. The van der Waals surface area contributed by atoms with E-state index in [9.17, 15) is 0 Å². The summed E-state index contributed by atoms with van der Waals surface area (Å²) >= 11 is 0. The molecule has 3 aromatic heterocycles. The average Bonchev–Trinajstić information content (AvgIpc) is 2.49. The molecule has 0 aliphatic heterocycles. The standard InChI is InChI=1S/C12H8N6/c1-2-10(18-17-4-1)12-7-14-11(6-15-12)9-3-5-13-8-16-9/h1-8H. The molecule has 0 saturated carbocycles. The Morgan fingerprint density at radius 1 is 0.722 bits per heavy atom. The highest BCUT2D eigenvalue weighted by molar-refractivity contribution is 5.56. The summed E-state index contributed by atoms with van der Waals surface area (Å²) in [6.45, 7) is 0. The monoisotopic (exact) mass is 236 g/mol. The van der Waals surface area contributed by atoms with Crippen LogP contribution in [0.25, 0.3) is 22.8 Å². The molecule has 0 aliphatic rings. The highest BCUT2D eigenvalue weighted by atomic mass is 15.1. The van der Waals surface area contributed by atoms with Crippen molar-refractivity contribution < 1.29 is 0 Å². The molecule has 0 atom stereocenters.